The molecule has 21 heavy (non-hydrogen) atoms. The van der Waals surface area contributed by atoms with Crippen molar-refractivity contribution < 1.29 is 14.7 Å². The normalized spacial score (nSPS) is 12.5. The first-order valence-electron chi connectivity index (χ1n) is 7.09. The van der Waals surface area contributed by atoms with Crippen LogP contribution in [0.5, 0.6) is 0 Å². The van der Waals surface area contributed by atoms with Crippen LogP contribution >= 0.6 is 0 Å². The van der Waals surface area contributed by atoms with Crippen molar-refractivity contribution in [3.8, 4) is 0 Å². The second-order valence-corrected chi connectivity index (χ2v) is 5.81. The van der Waals surface area contributed by atoms with E-state index in [1.54, 1.807) is 12.1 Å². The Balaban J connectivity index is 2.75. The van der Waals surface area contributed by atoms with Gasteiger partial charge in [0, 0.05) is 12.6 Å². The van der Waals surface area contributed by atoms with Crippen LogP contribution in [0.2, 0.25) is 0 Å². The average Bonchev–Trinajstić information content (AvgIpc) is 2.42. The summed E-state index contributed by atoms with van der Waals surface area (Å²) in [6, 6.07) is 6.48. The lowest BCUT2D eigenvalue weighted by atomic mass is 10.0. The molecule has 0 radical (unpaired) electrons. The van der Waals surface area contributed by atoms with E-state index in [1.165, 1.54) is 12.1 Å². The summed E-state index contributed by atoms with van der Waals surface area (Å²) in [5, 5.41) is 11.9. The Hall–Kier alpha value is -1.88. The molecule has 1 amide bonds. The summed E-state index contributed by atoms with van der Waals surface area (Å²) < 4.78 is 0. The van der Waals surface area contributed by atoms with Crippen LogP contribution in [-0.4, -0.2) is 48.6 Å². The number of amides is 1. The zero-order chi connectivity index (χ0) is 16.0. The predicted molar refractivity (Wildman–Crippen MR) is 82.7 cm³/mol. The van der Waals surface area contributed by atoms with E-state index < -0.39 is 5.97 Å². The summed E-state index contributed by atoms with van der Waals surface area (Å²) in [5.41, 5.74) is 0.229. The molecule has 1 unspecified atom stereocenters. The third-order valence-corrected chi connectivity index (χ3v) is 3.37. The zero-order valence-corrected chi connectivity index (χ0v) is 13.1. The second kappa shape index (κ2) is 7.78. The quantitative estimate of drug-likeness (QED) is 0.807. The Morgan fingerprint density at radius 3 is 2.24 bits per heavy atom. The standard InChI is InChI=1S/C16H24N2O3/c1-11(2)9-12(18(3)4)10-17-15(19)13-7-5-6-8-14(13)16(20)21/h5-8,11-12H,9-10H2,1-4H3,(H,17,19)(H,20,21). The van der Waals surface area contributed by atoms with Crippen LogP contribution < -0.4 is 5.32 Å². The van der Waals surface area contributed by atoms with E-state index in [0.717, 1.165) is 6.42 Å². The monoisotopic (exact) mass is 292 g/mol. The highest BCUT2D eigenvalue weighted by atomic mass is 16.4. The molecule has 0 spiro atoms. The Morgan fingerprint density at radius 1 is 1.19 bits per heavy atom. The van der Waals surface area contributed by atoms with E-state index in [2.05, 4.69) is 24.1 Å². The molecule has 0 aliphatic heterocycles. The largest absolute Gasteiger partial charge is 0.478 e. The van der Waals surface area contributed by atoms with Crippen LogP contribution in [-0.2, 0) is 0 Å². The molecule has 1 atom stereocenters. The molecule has 0 heterocycles. The van der Waals surface area contributed by atoms with E-state index in [4.69, 9.17) is 5.11 Å². The number of benzene rings is 1. The number of carbonyl (C=O) groups is 2. The topological polar surface area (TPSA) is 69.6 Å². The molecule has 0 saturated carbocycles. The lowest BCUT2D eigenvalue weighted by molar-refractivity contribution is 0.0690. The molecule has 0 saturated heterocycles. The number of carboxylic acids is 1. The lowest BCUT2D eigenvalue weighted by Crippen LogP contribution is -2.41. The fourth-order valence-corrected chi connectivity index (χ4v) is 2.19. The highest BCUT2D eigenvalue weighted by Gasteiger charge is 2.18. The number of carboxylic acid groups (broad SMARTS) is 1. The van der Waals surface area contributed by atoms with E-state index in [0.29, 0.717) is 12.5 Å². The van der Waals surface area contributed by atoms with Gasteiger partial charge in [-0.25, -0.2) is 4.79 Å². The number of nitrogens with zero attached hydrogens (tertiary/aromatic N) is 1. The molecule has 0 aliphatic carbocycles. The zero-order valence-electron chi connectivity index (χ0n) is 13.1. The van der Waals surface area contributed by atoms with Crippen molar-refractivity contribution in [2.24, 2.45) is 5.92 Å². The first-order chi connectivity index (χ1) is 9.82. The molecule has 1 aromatic carbocycles. The van der Waals surface area contributed by atoms with Gasteiger partial charge in [0.1, 0.15) is 0 Å². The van der Waals surface area contributed by atoms with Crippen molar-refractivity contribution >= 4 is 11.9 Å². The first kappa shape index (κ1) is 17.2. The predicted octanol–water partition coefficient (Wildman–Crippen LogP) is 2.09. The van der Waals surface area contributed by atoms with Gasteiger partial charge in [0.25, 0.3) is 5.91 Å². The summed E-state index contributed by atoms with van der Waals surface area (Å²) in [7, 11) is 3.95. The average molecular weight is 292 g/mol. The van der Waals surface area contributed by atoms with E-state index in [9.17, 15) is 9.59 Å². The maximum Gasteiger partial charge on any atom is 0.336 e. The van der Waals surface area contributed by atoms with Gasteiger partial charge in [0.2, 0.25) is 0 Å². The number of likely N-dealkylation sites (N-methyl/N-ethyl adjacent to an activating group) is 1. The molecule has 116 valence electrons. The summed E-state index contributed by atoms with van der Waals surface area (Å²) in [6.45, 7) is 4.77. The van der Waals surface area contributed by atoms with E-state index >= 15 is 0 Å². The number of rotatable bonds is 7. The summed E-state index contributed by atoms with van der Waals surface area (Å²) in [5.74, 6) is -0.906. The van der Waals surface area contributed by atoms with Crippen LogP contribution in [0.25, 0.3) is 0 Å². The van der Waals surface area contributed by atoms with Crippen molar-refractivity contribution in [3.63, 3.8) is 0 Å². The number of aromatic carboxylic acids is 1. The van der Waals surface area contributed by atoms with E-state index in [1.807, 2.05) is 14.1 Å². The van der Waals surface area contributed by atoms with Crippen LogP contribution in [0.4, 0.5) is 0 Å². The minimum atomic E-state index is -1.09. The maximum absolute atomic E-state index is 12.2. The molecule has 5 heteroatoms. The van der Waals surface area contributed by atoms with Crippen molar-refractivity contribution in [2.75, 3.05) is 20.6 Å². The minimum Gasteiger partial charge on any atom is -0.478 e. The second-order valence-electron chi connectivity index (χ2n) is 5.81. The Morgan fingerprint density at radius 2 is 1.76 bits per heavy atom. The SMILES string of the molecule is CC(C)CC(CNC(=O)c1ccccc1C(=O)O)N(C)C. The number of nitrogens with one attached hydrogen (secondary N) is 1. The number of hydrogen-bond donors (Lipinski definition) is 2. The Kier molecular flexibility index (Phi) is 6.37. The third-order valence-electron chi connectivity index (χ3n) is 3.37. The molecule has 0 aliphatic rings. The Labute approximate surface area is 126 Å². The van der Waals surface area contributed by atoms with Crippen LogP contribution in [0.1, 0.15) is 41.0 Å². The summed E-state index contributed by atoms with van der Waals surface area (Å²) >= 11 is 0. The summed E-state index contributed by atoms with van der Waals surface area (Å²) in [4.78, 5) is 25.4. The first-order valence-corrected chi connectivity index (χ1v) is 7.09. The van der Waals surface area contributed by atoms with Gasteiger partial charge in [0.05, 0.1) is 11.1 Å². The van der Waals surface area contributed by atoms with Crippen LogP contribution in [0.3, 0.4) is 0 Å². The molecule has 0 bridgehead atoms. The van der Waals surface area contributed by atoms with Gasteiger partial charge in [-0.2, -0.15) is 0 Å². The lowest BCUT2D eigenvalue weighted by Gasteiger charge is -2.26. The van der Waals surface area contributed by atoms with Gasteiger partial charge >= 0.3 is 5.97 Å². The van der Waals surface area contributed by atoms with Gasteiger partial charge in [-0.1, -0.05) is 26.0 Å². The molecule has 0 fully saturated rings. The van der Waals surface area contributed by atoms with Gasteiger partial charge in [-0.3, -0.25) is 4.79 Å². The van der Waals surface area contributed by atoms with E-state index in [-0.39, 0.29) is 23.1 Å². The molecular formula is C16H24N2O3. The molecule has 0 aromatic heterocycles. The number of hydrogen-bond acceptors (Lipinski definition) is 3. The molecule has 5 nitrogen and oxygen atoms in total. The fourth-order valence-electron chi connectivity index (χ4n) is 2.19. The van der Waals surface area contributed by atoms with Crippen molar-refractivity contribution in [1.82, 2.24) is 10.2 Å². The van der Waals surface area contributed by atoms with Gasteiger partial charge in [-0.05, 0) is 38.6 Å². The third kappa shape index (κ3) is 5.19. The molecule has 1 aromatic rings. The van der Waals surface area contributed by atoms with Crippen LogP contribution in [0, 0.1) is 5.92 Å². The highest BCUT2D eigenvalue weighted by molar-refractivity contribution is 6.04. The molecular weight excluding hydrogens is 268 g/mol. The number of carbonyl (C=O) groups excluding carboxylic acids is 1. The van der Waals surface area contributed by atoms with Gasteiger partial charge in [-0.15, -0.1) is 0 Å². The minimum absolute atomic E-state index is 0.0280. The van der Waals surface area contributed by atoms with Crippen molar-refractivity contribution in [3.05, 3.63) is 35.4 Å². The highest BCUT2D eigenvalue weighted by Crippen LogP contribution is 2.11. The van der Waals surface area contributed by atoms with Gasteiger partial charge in [0.15, 0.2) is 0 Å². The van der Waals surface area contributed by atoms with Crippen LogP contribution in [0.15, 0.2) is 24.3 Å². The summed E-state index contributed by atoms with van der Waals surface area (Å²) in [6.07, 6.45) is 0.966. The Bertz CT molecular complexity index is 498. The van der Waals surface area contributed by atoms with Crippen molar-refractivity contribution in [2.45, 2.75) is 26.3 Å². The van der Waals surface area contributed by atoms with Crippen molar-refractivity contribution in [1.29, 1.82) is 0 Å². The maximum atomic E-state index is 12.2. The van der Waals surface area contributed by atoms with Gasteiger partial charge < -0.3 is 15.3 Å². The smallest absolute Gasteiger partial charge is 0.336 e. The molecule has 1 rings (SSSR count). The fraction of sp³-hybridized carbons (Fsp3) is 0.500. The molecule has 2 N–H and O–H groups in total.